The minimum absolute atomic E-state index is 0.0503. The van der Waals surface area contributed by atoms with Gasteiger partial charge in [0, 0.05) is 19.3 Å². The summed E-state index contributed by atoms with van der Waals surface area (Å²) in [5, 5.41) is 9.10. The topological polar surface area (TPSA) is 23.5 Å². The van der Waals surface area contributed by atoms with Crippen LogP contribution in [-0.2, 0) is 13.2 Å². The zero-order valence-electron chi connectivity index (χ0n) is 11.2. The van der Waals surface area contributed by atoms with Crippen molar-refractivity contribution in [1.82, 2.24) is 0 Å². The van der Waals surface area contributed by atoms with E-state index in [1.165, 1.54) is 6.07 Å². The van der Waals surface area contributed by atoms with E-state index in [4.69, 9.17) is 5.11 Å². The van der Waals surface area contributed by atoms with Crippen LogP contribution in [0.1, 0.15) is 16.7 Å². The molecular formula is C16H18FNO. The van der Waals surface area contributed by atoms with Gasteiger partial charge in [-0.2, -0.15) is 0 Å². The van der Waals surface area contributed by atoms with E-state index in [0.717, 1.165) is 22.4 Å². The second-order valence-corrected chi connectivity index (χ2v) is 4.76. The van der Waals surface area contributed by atoms with Crippen LogP contribution >= 0.6 is 0 Å². The molecule has 1 N–H and O–H groups in total. The normalized spacial score (nSPS) is 10.5. The van der Waals surface area contributed by atoms with Crippen molar-refractivity contribution in [1.29, 1.82) is 0 Å². The molecule has 0 spiro atoms. The number of hydrogen-bond donors (Lipinski definition) is 1. The molecule has 0 aliphatic carbocycles. The van der Waals surface area contributed by atoms with Gasteiger partial charge in [-0.3, -0.25) is 0 Å². The average Bonchev–Trinajstić information content (AvgIpc) is 2.38. The zero-order chi connectivity index (χ0) is 13.8. The van der Waals surface area contributed by atoms with Crippen LogP contribution in [0, 0.1) is 12.7 Å². The van der Waals surface area contributed by atoms with Crippen molar-refractivity contribution in [3.63, 3.8) is 0 Å². The number of halogens is 1. The lowest BCUT2D eigenvalue weighted by Gasteiger charge is -2.22. The molecule has 0 radical (unpaired) electrons. The first-order valence-corrected chi connectivity index (χ1v) is 6.26. The number of hydrogen-bond acceptors (Lipinski definition) is 2. The smallest absolute Gasteiger partial charge is 0.123 e. The summed E-state index contributed by atoms with van der Waals surface area (Å²) >= 11 is 0. The fourth-order valence-electron chi connectivity index (χ4n) is 2.24. The molecule has 100 valence electrons. The van der Waals surface area contributed by atoms with E-state index in [1.807, 2.05) is 38.2 Å². The summed E-state index contributed by atoms with van der Waals surface area (Å²) < 4.78 is 13.2. The van der Waals surface area contributed by atoms with Crippen LogP contribution in [0.4, 0.5) is 10.1 Å². The zero-order valence-corrected chi connectivity index (χ0v) is 11.2. The van der Waals surface area contributed by atoms with Crippen molar-refractivity contribution < 1.29 is 9.50 Å². The molecule has 0 atom stereocenters. The average molecular weight is 259 g/mol. The summed E-state index contributed by atoms with van der Waals surface area (Å²) in [4.78, 5) is 2.07. The molecule has 2 aromatic carbocycles. The van der Waals surface area contributed by atoms with Crippen molar-refractivity contribution in [2.45, 2.75) is 20.1 Å². The maximum absolute atomic E-state index is 13.2. The van der Waals surface area contributed by atoms with Crippen LogP contribution in [0.25, 0.3) is 0 Å². The molecule has 0 heterocycles. The number of anilines is 1. The predicted octanol–water partition coefficient (Wildman–Crippen LogP) is 3.26. The van der Waals surface area contributed by atoms with Gasteiger partial charge in [-0.1, -0.05) is 24.3 Å². The third kappa shape index (κ3) is 3.32. The molecule has 0 bridgehead atoms. The van der Waals surface area contributed by atoms with Gasteiger partial charge in [0.2, 0.25) is 0 Å². The standard InChI is InChI=1S/C16H18FNO/c1-12-8-14(11-19)6-7-16(12)18(2)10-13-4-3-5-15(17)9-13/h3-9,19H,10-11H2,1-2H3. The summed E-state index contributed by atoms with van der Waals surface area (Å²) in [5.41, 5.74) is 4.03. The van der Waals surface area contributed by atoms with Crippen molar-refractivity contribution in [2.24, 2.45) is 0 Å². The van der Waals surface area contributed by atoms with Crippen LogP contribution < -0.4 is 4.90 Å². The van der Waals surface area contributed by atoms with Crippen LogP contribution in [-0.4, -0.2) is 12.2 Å². The van der Waals surface area contributed by atoms with Crippen LogP contribution in [0.15, 0.2) is 42.5 Å². The second kappa shape index (κ2) is 5.85. The Morgan fingerprint density at radius 1 is 1.11 bits per heavy atom. The van der Waals surface area contributed by atoms with Gasteiger partial charge in [0.1, 0.15) is 5.82 Å². The van der Waals surface area contributed by atoms with Crippen LogP contribution in [0.2, 0.25) is 0 Å². The number of nitrogens with zero attached hydrogens (tertiary/aromatic N) is 1. The highest BCUT2D eigenvalue weighted by molar-refractivity contribution is 5.54. The molecule has 0 saturated heterocycles. The highest BCUT2D eigenvalue weighted by atomic mass is 19.1. The number of benzene rings is 2. The first kappa shape index (κ1) is 13.6. The molecular weight excluding hydrogens is 241 g/mol. The Balaban J connectivity index is 2.18. The monoisotopic (exact) mass is 259 g/mol. The highest BCUT2D eigenvalue weighted by Gasteiger charge is 2.06. The molecule has 0 unspecified atom stereocenters. The SMILES string of the molecule is Cc1cc(CO)ccc1N(C)Cc1cccc(F)c1. The Morgan fingerprint density at radius 2 is 1.89 bits per heavy atom. The Hall–Kier alpha value is -1.87. The third-order valence-corrected chi connectivity index (χ3v) is 3.16. The van der Waals surface area contributed by atoms with Crippen molar-refractivity contribution >= 4 is 5.69 Å². The van der Waals surface area contributed by atoms with E-state index in [0.29, 0.717) is 6.54 Å². The lowest BCUT2D eigenvalue weighted by atomic mass is 10.1. The van der Waals surface area contributed by atoms with Gasteiger partial charge in [-0.25, -0.2) is 4.39 Å². The molecule has 2 nitrogen and oxygen atoms in total. The van der Waals surface area contributed by atoms with Gasteiger partial charge in [-0.05, 0) is 41.8 Å². The molecule has 19 heavy (non-hydrogen) atoms. The Labute approximate surface area is 113 Å². The highest BCUT2D eigenvalue weighted by Crippen LogP contribution is 2.22. The molecule has 2 aromatic rings. The summed E-state index contributed by atoms with van der Waals surface area (Å²) in [6, 6.07) is 12.5. The molecule has 0 aliphatic rings. The van der Waals surface area contributed by atoms with E-state index >= 15 is 0 Å². The number of aliphatic hydroxyl groups is 1. The molecule has 0 amide bonds. The molecule has 0 aliphatic heterocycles. The van der Waals surface area contributed by atoms with Crippen molar-refractivity contribution in [3.05, 3.63) is 65.0 Å². The second-order valence-electron chi connectivity index (χ2n) is 4.76. The van der Waals surface area contributed by atoms with Gasteiger partial charge in [0.05, 0.1) is 6.61 Å². The largest absolute Gasteiger partial charge is 0.392 e. The van der Waals surface area contributed by atoms with E-state index in [2.05, 4.69) is 4.90 Å². The maximum atomic E-state index is 13.2. The molecule has 0 fully saturated rings. The number of aryl methyl sites for hydroxylation is 1. The van der Waals surface area contributed by atoms with Crippen LogP contribution in [0.5, 0.6) is 0 Å². The minimum Gasteiger partial charge on any atom is -0.392 e. The Bertz CT molecular complexity index is 568. The Kier molecular flexibility index (Phi) is 4.17. The van der Waals surface area contributed by atoms with E-state index < -0.39 is 0 Å². The third-order valence-electron chi connectivity index (χ3n) is 3.16. The van der Waals surface area contributed by atoms with Gasteiger partial charge >= 0.3 is 0 Å². The first-order valence-electron chi connectivity index (χ1n) is 6.26. The van der Waals surface area contributed by atoms with E-state index in [1.54, 1.807) is 12.1 Å². The van der Waals surface area contributed by atoms with E-state index in [-0.39, 0.29) is 12.4 Å². The van der Waals surface area contributed by atoms with Gasteiger partial charge < -0.3 is 10.0 Å². The molecule has 0 aromatic heterocycles. The quantitative estimate of drug-likeness (QED) is 0.911. The van der Waals surface area contributed by atoms with Crippen molar-refractivity contribution in [3.8, 4) is 0 Å². The predicted molar refractivity (Wildman–Crippen MR) is 75.6 cm³/mol. The fourth-order valence-corrected chi connectivity index (χ4v) is 2.24. The summed E-state index contributed by atoms with van der Waals surface area (Å²) in [5.74, 6) is -0.210. The minimum atomic E-state index is -0.210. The molecule has 3 heteroatoms. The number of rotatable bonds is 4. The Morgan fingerprint density at radius 3 is 2.53 bits per heavy atom. The summed E-state index contributed by atoms with van der Waals surface area (Å²) in [7, 11) is 1.98. The van der Waals surface area contributed by atoms with Gasteiger partial charge in [-0.15, -0.1) is 0 Å². The first-order chi connectivity index (χ1) is 9.10. The van der Waals surface area contributed by atoms with Crippen molar-refractivity contribution in [2.75, 3.05) is 11.9 Å². The van der Waals surface area contributed by atoms with E-state index in [9.17, 15) is 4.39 Å². The van der Waals surface area contributed by atoms with Gasteiger partial charge in [0.25, 0.3) is 0 Å². The van der Waals surface area contributed by atoms with Crippen LogP contribution in [0.3, 0.4) is 0 Å². The fraction of sp³-hybridized carbons (Fsp3) is 0.250. The van der Waals surface area contributed by atoms with Gasteiger partial charge in [0.15, 0.2) is 0 Å². The summed E-state index contributed by atoms with van der Waals surface area (Å²) in [6.07, 6.45) is 0. The number of aliphatic hydroxyl groups excluding tert-OH is 1. The molecule has 2 rings (SSSR count). The summed E-state index contributed by atoms with van der Waals surface area (Å²) in [6.45, 7) is 2.71. The lowest BCUT2D eigenvalue weighted by Crippen LogP contribution is -2.17. The lowest BCUT2D eigenvalue weighted by molar-refractivity contribution is 0.282. The molecule has 0 saturated carbocycles. The maximum Gasteiger partial charge on any atom is 0.123 e.